The standard InChI is InChI=1S/C15H23N3O2/c1-10-5-4-6-11(2)18(10)17-15(19)13-8-7-12(20-3)9-14(13)16/h7-11H,4-6,16H2,1-3H3,(H,17,19). The molecule has 1 heterocycles. The van der Waals surface area contributed by atoms with Crippen LogP contribution in [0.15, 0.2) is 18.2 Å². The number of carbonyl (C=O) groups excluding carboxylic acids is 1. The van der Waals surface area contributed by atoms with Crippen molar-refractivity contribution in [3.63, 3.8) is 0 Å². The Labute approximate surface area is 120 Å². The Morgan fingerprint density at radius 3 is 2.55 bits per heavy atom. The van der Waals surface area contributed by atoms with Gasteiger partial charge in [-0.25, -0.2) is 5.01 Å². The molecule has 1 amide bonds. The smallest absolute Gasteiger partial charge is 0.267 e. The molecule has 2 unspecified atom stereocenters. The lowest BCUT2D eigenvalue weighted by Crippen LogP contribution is -2.54. The van der Waals surface area contributed by atoms with Crippen LogP contribution < -0.4 is 15.9 Å². The highest BCUT2D eigenvalue weighted by Gasteiger charge is 2.26. The zero-order chi connectivity index (χ0) is 14.7. The van der Waals surface area contributed by atoms with Crippen molar-refractivity contribution in [2.75, 3.05) is 12.8 Å². The summed E-state index contributed by atoms with van der Waals surface area (Å²) in [5, 5.41) is 2.04. The van der Waals surface area contributed by atoms with Gasteiger partial charge in [0.2, 0.25) is 0 Å². The number of anilines is 1. The van der Waals surface area contributed by atoms with Gasteiger partial charge in [0.15, 0.2) is 0 Å². The van der Waals surface area contributed by atoms with Crippen molar-refractivity contribution in [3.05, 3.63) is 23.8 Å². The summed E-state index contributed by atoms with van der Waals surface area (Å²) in [5.74, 6) is 0.490. The fraction of sp³-hybridized carbons (Fsp3) is 0.533. The second-order valence-corrected chi connectivity index (χ2v) is 5.43. The molecular formula is C15H23N3O2. The average Bonchev–Trinajstić information content (AvgIpc) is 2.42. The molecule has 3 N–H and O–H groups in total. The average molecular weight is 277 g/mol. The van der Waals surface area contributed by atoms with Gasteiger partial charge >= 0.3 is 0 Å². The van der Waals surface area contributed by atoms with Gasteiger partial charge in [-0.3, -0.25) is 10.2 Å². The summed E-state index contributed by atoms with van der Waals surface area (Å²) in [7, 11) is 1.58. The van der Waals surface area contributed by atoms with E-state index in [0.29, 0.717) is 29.1 Å². The van der Waals surface area contributed by atoms with Gasteiger partial charge in [0.25, 0.3) is 5.91 Å². The van der Waals surface area contributed by atoms with E-state index in [1.54, 1.807) is 25.3 Å². The van der Waals surface area contributed by atoms with Crippen LogP contribution >= 0.6 is 0 Å². The van der Waals surface area contributed by atoms with Gasteiger partial charge in [-0.15, -0.1) is 0 Å². The van der Waals surface area contributed by atoms with Crippen molar-refractivity contribution in [3.8, 4) is 5.75 Å². The fourth-order valence-corrected chi connectivity index (χ4v) is 2.69. The van der Waals surface area contributed by atoms with Crippen LogP contribution in [0.4, 0.5) is 5.69 Å². The lowest BCUT2D eigenvalue weighted by Gasteiger charge is -2.38. The fourth-order valence-electron chi connectivity index (χ4n) is 2.69. The van der Waals surface area contributed by atoms with E-state index in [1.165, 1.54) is 6.42 Å². The van der Waals surface area contributed by atoms with Crippen molar-refractivity contribution < 1.29 is 9.53 Å². The van der Waals surface area contributed by atoms with Gasteiger partial charge in [-0.2, -0.15) is 0 Å². The number of hydrazine groups is 1. The number of methoxy groups -OCH3 is 1. The number of nitrogens with two attached hydrogens (primary N) is 1. The maximum Gasteiger partial charge on any atom is 0.267 e. The van der Waals surface area contributed by atoms with Crippen LogP contribution in [-0.2, 0) is 0 Å². The topological polar surface area (TPSA) is 67.6 Å². The van der Waals surface area contributed by atoms with E-state index >= 15 is 0 Å². The third-order valence-electron chi connectivity index (χ3n) is 3.93. The minimum absolute atomic E-state index is 0.161. The Hall–Kier alpha value is -1.75. The molecule has 1 fully saturated rings. The van der Waals surface area contributed by atoms with Crippen LogP contribution in [0, 0.1) is 0 Å². The largest absolute Gasteiger partial charge is 0.497 e. The van der Waals surface area contributed by atoms with Gasteiger partial charge in [0.1, 0.15) is 5.75 Å². The Kier molecular flexibility index (Phi) is 4.49. The molecular weight excluding hydrogens is 254 g/mol. The minimum atomic E-state index is -0.161. The molecule has 1 aliphatic heterocycles. The Balaban J connectivity index is 2.11. The summed E-state index contributed by atoms with van der Waals surface area (Å²) in [6.07, 6.45) is 3.41. The lowest BCUT2D eigenvalue weighted by molar-refractivity contribution is 0.0370. The van der Waals surface area contributed by atoms with Crippen LogP contribution in [0.25, 0.3) is 0 Å². The van der Waals surface area contributed by atoms with Crippen LogP contribution in [0.2, 0.25) is 0 Å². The van der Waals surface area contributed by atoms with Gasteiger partial charge < -0.3 is 10.5 Å². The molecule has 1 aliphatic rings. The second-order valence-electron chi connectivity index (χ2n) is 5.43. The van der Waals surface area contributed by atoms with Crippen LogP contribution in [0.1, 0.15) is 43.5 Å². The second kappa shape index (κ2) is 6.13. The van der Waals surface area contributed by atoms with E-state index < -0.39 is 0 Å². The normalized spacial score (nSPS) is 23.4. The number of nitrogens with one attached hydrogen (secondary N) is 1. The monoisotopic (exact) mass is 277 g/mol. The Morgan fingerprint density at radius 2 is 2.00 bits per heavy atom. The lowest BCUT2D eigenvalue weighted by atomic mass is 10.00. The predicted molar refractivity (Wildman–Crippen MR) is 79.5 cm³/mol. The molecule has 2 rings (SSSR count). The van der Waals surface area contributed by atoms with E-state index in [0.717, 1.165) is 12.8 Å². The number of hydrogen-bond acceptors (Lipinski definition) is 4. The number of hydrogen-bond donors (Lipinski definition) is 2. The number of benzene rings is 1. The number of amides is 1. The summed E-state index contributed by atoms with van der Waals surface area (Å²) < 4.78 is 5.09. The first-order valence-electron chi connectivity index (χ1n) is 7.05. The Morgan fingerprint density at radius 1 is 1.35 bits per heavy atom. The molecule has 1 aromatic carbocycles. The first-order valence-corrected chi connectivity index (χ1v) is 7.05. The predicted octanol–water partition coefficient (Wildman–Crippen LogP) is 2.19. The molecule has 20 heavy (non-hydrogen) atoms. The molecule has 5 nitrogen and oxygen atoms in total. The van der Waals surface area contributed by atoms with Crippen LogP contribution in [-0.4, -0.2) is 30.1 Å². The highest BCUT2D eigenvalue weighted by molar-refractivity contribution is 5.99. The minimum Gasteiger partial charge on any atom is -0.497 e. The van der Waals surface area contributed by atoms with Crippen LogP contribution in [0.5, 0.6) is 5.75 Å². The molecule has 1 saturated heterocycles. The number of ether oxygens (including phenoxy) is 1. The SMILES string of the molecule is COc1ccc(C(=O)NN2C(C)CCCC2C)c(N)c1. The van der Waals surface area contributed by atoms with E-state index in [1.807, 2.05) is 5.01 Å². The Bertz CT molecular complexity index is 480. The molecule has 0 aliphatic carbocycles. The highest BCUT2D eigenvalue weighted by atomic mass is 16.5. The van der Waals surface area contributed by atoms with E-state index in [4.69, 9.17) is 10.5 Å². The van der Waals surface area contributed by atoms with Crippen molar-refractivity contribution in [2.24, 2.45) is 0 Å². The van der Waals surface area contributed by atoms with E-state index in [9.17, 15) is 4.79 Å². The summed E-state index contributed by atoms with van der Waals surface area (Å²) in [6.45, 7) is 4.26. The molecule has 1 aromatic rings. The van der Waals surface area contributed by atoms with Crippen molar-refractivity contribution in [1.82, 2.24) is 10.4 Å². The number of nitrogens with zero attached hydrogens (tertiary/aromatic N) is 1. The van der Waals surface area contributed by atoms with Crippen molar-refractivity contribution in [1.29, 1.82) is 0 Å². The van der Waals surface area contributed by atoms with Gasteiger partial charge in [0, 0.05) is 23.8 Å². The molecule has 0 saturated carbocycles. The number of carbonyl (C=O) groups is 1. The molecule has 0 spiro atoms. The van der Waals surface area contributed by atoms with Crippen molar-refractivity contribution >= 4 is 11.6 Å². The third-order valence-corrected chi connectivity index (χ3v) is 3.93. The summed E-state index contributed by atoms with van der Waals surface area (Å²) in [6, 6.07) is 5.80. The first-order chi connectivity index (χ1) is 9.52. The molecule has 0 radical (unpaired) electrons. The molecule has 110 valence electrons. The summed E-state index contributed by atoms with van der Waals surface area (Å²) >= 11 is 0. The highest BCUT2D eigenvalue weighted by Crippen LogP contribution is 2.22. The van der Waals surface area contributed by atoms with Crippen LogP contribution in [0.3, 0.4) is 0 Å². The molecule has 0 aromatic heterocycles. The summed E-state index contributed by atoms with van der Waals surface area (Å²) in [4.78, 5) is 12.4. The van der Waals surface area contributed by atoms with Gasteiger partial charge in [-0.1, -0.05) is 6.42 Å². The quantitative estimate of drug-likeness (QED) is 0.831. The maximum atomic E-state index is 12.4. The van der Waals surface area contributed by atoms with Crippen molar-refractivity contribution in [2.45, 2.75) is 45.2 Å². The maximum absolute atomic E-state index is 12.4. The molecule has 5 heteroatoms. The van der Waals surface area contributed by atoms with Gasteiger partial charge in [0.05, 0.1) is 12.7 Å². The first kappa shape index (κ1) is 14.7. The number of nitrogen functional groups attached to an aromatic ring is 1. The number of rotatable bonds is 3. The van der Waals surface area contributed by atoms with E-state index in [-0.39, 0.29) is 5.91 Å². The number of piperidine rings is 1. The summed E-state index contributed by atoms with van der Waals surface area (Å²) in [5.41, 5.74) is 9.81. The molecule has 2 atom stereocenters. The van der Waals surface area contributed by atoms with Gasteiger partial charge in [-0.05, 0) is 38.8 Å². The van der Waals surface area contributed by atoms with E-state index in [2.05, 4.69) is 19.3 Å². The zero-order valence-electron chi connectivity index (χ0n) is 12.3. The third kappa shape index (κ3) is 3.04. The zero-order valence-corrected chi connectivity index (χ0v) is 12.3. The molecule has 0 bridgehead atoms.